The molecule has 0 radical (unpaired) electrons. The number of likely N-dealkylation sites (tertiary alicyclic amines) is 1. The van der Waals surface area contributed by atoms with Gasteiger partial charge in [0.1, 0.15) is 11.9 Å². The number of hydrogen-bond acceptors (Lipinski definition) is 5. The highest BCUT2D eigenvalue weighted by atomic mass is 35.5. The minimum atomic E-state index is -4.52. The number of alkyl halides is 3. The second-order valence-electron chi connectivity index (χ2n) is 9.11. The van der Waals surface area contributed by atoms with Crippen LogP contribution in [0.15, 0.2) is 35.5 Å². The fourth-order valence-electron chi connectivity index (χ4n) is 5.23. The van der Waals surface area contributed by atoms with Crippen LogP contribution in [0.2, 0.25) is 5.02 Å². The second-order valence-corrected chi connectivity index (χ2v) is 9.52. The Bertz CT molecular complexity index is 1080. The first-order valence-electron chi connectivity index (χ1n) is 11.6. The van der Waals surface area contributed by atoms with Crippen LogP contribution in [-0.4, -0.2) is 53.6 Å². The Balaban J connectivity index is 1.67. The maximum absolute atomic E-state index is 13.5. The van der Waals surface area contributed by atoms with Crippen molar-refractivity contribution in [2.24, 2.45) is 0 Å². The molecule has 10 heteroatoms. The first-order chi connectivity index (χ1) is 16.1. The highest BCUT2D eigenvalue weighted by molar-refractivity contribution is 6.31. The second kappa shape index (κ2) is 9.53. The molecule has 34 heavy (non-hydrogen) atoms. The number of benzene rings is 1. The number of nitrogens with one attached hydrogen (secondary N) is 3. The fourth-order valence-corrected chi connectivity index (χ4v) is 5.35. The summed E-state index contributed by atoms with van der Waals surface area (Å²) in [4.78, 5) is 2.43. The minimum Gasteiger partial charge on any atom is -0.344 e. The third-order valence-corrected chi connectivity index (χ3v) is 7.52. The van der Waals surface area contributed by atoms with Gasteiger partial charge in [0, 0.05) is 36.4 Å². The summed E-state index contributed by atoms with van der Waals surface area (Å²) in [6, 6.07) is 6.16. The Morgan fingerprint density at radius 1 is 1.26 bits per heavy atom. The third-order valence-electron chi connectivity index (χ3n) is 7.10. The first kappa shape index (κ1) is 25.0. The number of aryl methyl sites for hydroxylation is 1. The lowest BCUT2D eigenvalue weighted by atomic mass is 9.94. The van der Waals surface area contributed by atoms with Gasteiger partial charge in [-0.1, -0.05) is 30.7 Å². The van der Waals surface area contributed by atoms with Gasteiger partial charge in [0.05, 0.1) is 5.66 Å². The van der Waals surface area contributed by atoms with Crippen molar-refractivity contribution in [2.75, 3.05) is 38.5 Å². The molecule has 1 aromatic carbocycles. The summed E-state index contributed by atoms with van der Waals surface area (Å²) in [5.41, 5.74) is 2.44. The number of nitrogens with zero attached hydrogens (tertiary/aromatic N) is 3. The Morgan fingerprint density at radius 3 is 2.68 bits per heavy atom. The van der Waals surface area contributed by atoms with Gasteiger partial charge in [0.15, 0.2) is 5.69 Å². The van der Waals surface area contributed by atoms with E-state index in [1.54, 1.807) is 6.07 Å². The molecule has 0 aliphatic carbocycles. The van der Waals surface area contributed by atoms with Crippen molar-refractivity contribution in [3.8, 4) is 0 Å². The van der Waals surface area contributed by atoms with Crippen LogP contribution in [-0.2, 0) is 6.18 Å². The maximum atomic E-state index is 13.5. The molecule has 0 bridgehead atoms. The van der Waals surface area contributed by atoms with E-state index in [2.05, 4.69) is 32.9 Å². The maximum Gasteiger partial charge on any atom is 0.435 e. The van der Waals surface area contributed by atoms with E-state index in [1.165, 1.54) is 4.68 Å². The molecule has 0 spiro atoms. The van der Waals surface area contributed by atoms with Crippen LogP contribution in [0, 0.1) is 6.92 Å². The van der Waals surface area contributed by atoms with E-state index in [9.17, 15) is 13.2 Å². The molecule has 2 atom stereocenters. The SMILES string of the molecule is CCN1CCCC1(CNCC1=C(C)Nc2cc(C(F)(F)F)nn2C1c1ccc(Cl)c(C)c1)NC. The number of likely N-dealkylation sites (N-methyl/N-ethyl adjacent to an activating group) is 2. The van der Waals surface area contributed by atoms with Gasteiger partial charge in [-0.2, -0.15) is 18.3 Å². The lowest BCUT2D eigenvalue weighted by Crippen LogP contribution is -2.59. The zero-order valence-electron chi connectivity index (χ0n) is 20.0. The highest BCUT2D eigenvalue weighted by Gasteiger charge is 2.40. The van der Waals surface area contributed by atoms with Crippen LogP contribution in [0.25, 0.3) is 0 Å². The zero-order valence-corrected chi connectivity index (χ0v) is 20.7. The van der Waals surface area contributed by atoms with Crippen LogP contribution in [0.5, 0.6) is 0 Å². The monoisotopic (exact) mass is 496 g/mol. The summed E-state index contributed by atoms with van der Waals surface area (Å²) >= 11 is 6.24. The molecule has 2 aliphatic heterocycles. The van der Waals surface area contributed by atoms with Crippen molar-refractivity contribution in [3.63, 3.8) is 0 Å². The molecule has 0 amide bonds. The normalized spacial score (nSPS) is 23.4. The predicted molar refractivity (Wildman–Crippen MR) is 129 cm³/mol. The van der Waals surface area contributed by atoms with Gasteiger partial charge in [0.25, 0.3) is 0 Å². The van der Waals surface area contributed by atoms with Gasteiger partial charge in [-0.3, -0.25) is 4.90 Å². The molecule has 0 saturated carbocycles. The van der Waals surface area contributed by atoms with Crippen LogP contribution >= 0.6 is 11.6 Å². The standard InChI is InChI=1S/C24H32ClF3N6/c1-5-33-10-6-9-23(33,29-4)14-30-13-18-16(3)31-21-12-20(24(26,27)28)32-34(21)22(18)17-7-8-19(25)15(2)11-17/h7-8,11-12,22,29-31H,5-6,9-10,13-14H2,1-4H3. The molecule has 6 nitrogen and oxygen atoms in total. The smallest absolute Gasteiger partial charge is 0.344 e. The molecule has 1 fully saturated rings. The van der Waals surface area contributed by atoms with E-state index < -0.39 is 17.9 Å². The summed E-state index contributed by atoms with van der Waals surface area (Å²) < 4.78 is 41.9. The molecular weight excluding hydrogens is 465 g/mol. The van der Waals surface area contributed by atoms with Crippen LogP contribution in [0.1, 0.15) is 49.6 Å². The van der Waals surface area contributed by atoms with Gasteiger partial charge in [-0.05, 0) is 63.0 Å². The van der Waals surface area contributed by atoms with Crippen LogP contribution < -0.4 is 16.0 Å². The van der Waals surface area contributed by atoms with Crippen LogP contribution in [0.3, 0.4) is 0 Å². The van der Waals surface area contributed by atoms with Crippen molar-refractivity contribution in [2.45, 2.75) is 51.5 Å². The third kappa shape index (κ3) is 4.58. The first-order valence-corrected chi connectivity index (χ1v) is 12.0. The largest absolute Gasteiger partial charge is 0.435 e. The number of anilines is 1. The van der Waals surface area contributed by atoms with Gasteiger partial charge < -0.3 is 16.0 Å². The van der Waals surface area contributed by atoms with E-state index in [4.69, 9.17) is 11.6 Å². The quantitative estimate of drug-likeness (QED) is 0.515. The fraction of sp³-hybridized carbons (Fsp3) is 0.542. The van der Waals surface area contributed by atoms with Gasteiger partial charge in [-0.15, -0.1) is 0 Å². The Kier molecular flexibility index (Phi) is 7.01. The molecule has 3 heterocycles. The number of halogens is 4. The minimum absolute atomic E-state index is 0.127. The average molecular weight is 497 g/mol. The lowest BCUT2D eigenvalue weighted by Gasteiger charge is -2.39. The van der Waals surface area contributed by atoms with Crippen molar-refractivity contribution < 1.29 is 13.2 Å². The van der Waals surface area contributed by atoms with E-state index in [0.717, 1.165) is 60.9 Å². The molecule has 3 N–H and O–H groups in total. The Morgan fingerprint density at radius 2 is 2.03 bits per heavy atom. The van der Waals surface area contributed by atoms with Crippen LogP contribution in [0.4, 0.5) is 19.0 Å². The van der Waals surface area contributed by atoms with Crippen molar-refractivity contribution in [1.82, 2.24) is 25.3 Å². The number of allylic oxidation sites excluding steroid dienone is 1. The van der Waals surface area contributed by atoms with Crippen molar-refractivity contribution in [1.29, 1.82) is 0 Å². The molecule has 1 aromatic heterocycles. The summed E-state index contributed by atoms with van der Waals surface area (Å²) in [7, 11) is 1.98. The summed E-state index contributed by atoms with van der Waals surface area (Å²) in [6.45, 7) is 9.18. The molecule has 1 saturated heterocycles. The molecule has 2 aliphatic rings. The van der Waals surface area contributed by atoms with Crippen molar-refractivity contribution >= 4 is 17.4 Å². The van der Waals surface area contributed by atoms with Gasteiger partial charge >= 0.3 is 6.18 Å². The number of aromatic nitrogens is 2. The van der Waals surface area contributed by atoms with Gasteiger partial charge in [-0.25, -0.2) is 4.68 Å². The lowest BCUT2D eigenvalue weighted by molar-refractivity contribution is -0.141. The molecule has 2 unspecified atom stereocenters. The van der Waals surface area contributed by atoms with E-state index in [0.29, 0.717) is 17.4 Å². The van der Waals surface area contributed by atoms with E-state index in [-0.39, 0.29) is 5.66 Å². The van der Waals surface area contributed by atoms with Gasteiger partial charge in [0.2, 0.25) is 0 Å². The van der Waals surface area contributed by atoms with Crippen molar-refractivity contribution in [3.05, 3.63) is 57.4 Å². The topological polar surface area (TPSA) is 57.1 Å². The summed E-state index contributed by atoms with van der Waals surface area (Å²) in [6.07, 6.45) is -2.36. The summed E-state index contributed by atoms with van der Waals surface area (Å²) in [5.74, 6) is 0.325. The van der Waals surface area contributed by atoms with E-state index in [1.807, 2.05) is 33.0 Å². The van der Waals surface area contributed by atoms with E-state index >= 15 is 0 Å². The molecule has 4 rings (SSSR count). The molecule has 2 aromatic rings. The summed E-state index contributed by atoms with van der Waals surface area (Å²) in [5, 5.41) is 14.8. The number of hydrogen-bond donors (Lipinski definition) is 3. The Labute approximate surface area is 203 Å². The molecule has 186 valence electrons. The average Bonchev–Trinajstić information content (AvgIpc) is 3.40. The molecular formula is C24H32ClF3N6. The number of rotatable bonds is 7. The predicted octanol–water partition coefficient (Wildman–Crippen LogP) is 4.77. The number of fused-ring (bicyclic) bond motifs is 1. The highest BCUT2D eigenvalue weighted by Crippen LogP contribution is 2.39. The zero-order chi connectivity index (χ0) is 24.7. The Hall–Kier alpha value is -2.07.